The predicted molar refractivity (Wildman–Crippen MR) is 82.4 cm³/mol. The molecule has 1 aromatic rings. The molecule has 0 bridgehead atoms. The van der Waals surface area contributed by atoms with Crippen molar-refractivity contribution in [3.63, 3.8) is 0 Å². The molecule has 1 aliphatic rings. The standard InChI is InChI=1S/C15H24N2O3S/c1-3-17-10-8-14(9-11-17)16(2)21(19,20)15-7-5-4-6-13(15)12-18/h4-7,14,18H,3,8-12H2,1-2H3. The minimum atomic E-state index is -3.55. The topological polar surface area (TPSA) is 60.9 Å². The minimum Gasteiger partial charge on any atom is -0.392 e. The summed E-state index contributed by atoms with van der Waals surface area (Å²) in [5, 5.41) is 9.35. The van der Waals surface area contributed by atoms with Crippen molar-refractivity contribution < 1.29 is 13.5 Å². The summed E-state index contributed by atoms with van der Waals surface area (Å²) in [6.07, 6.45) is 1.70. The monoisotopic (exact) mass is 312 g/mol. The number of rotatable bonds is 5. The number of benzene rings is 1. The van der Waals surface area contributed by atoms with E-state index in [9.17, 15) is 13.5 Å². The van der Waals surface area contributed by atoms with Crippen LogP contribution in [0.15, 0.2) is 29.2 Å². The Labute approximate surface area is 127 Å². The maximum atomic E-state index is 12.8. The highest BCUT2D eigenvalue weighted by atomic mass is 32.2. The van der Waals surface area contributed by atoms with Crippen molar-refractivity contribution >= 4 is 10.0 Å². The van der Waals surface area contributed by atoms with Crippen LogP contribution >= 0.6 is 0 Å². The molecular weight excluding hydrogens is 288 g/mol. The second kappa shape index (κ2) is 6.87. The van der Waals surface area contributed by atoms with Gasteiger partial charge in [-0.05, 0) is 44.1 Å². The largest absolute Gasteiger partial charge is 0.392 e. The molecule has 21 heavy (non-hydrogen) atoms. The molecule has 1 aliphatic heterocycles. The molecule has 0 atom stereocenters. The zero-order valence-corrected chi connectivity index (χ0v) is 13.5. The molecule has 0 spiro atoms. The summed E-state index contributed by atoms with van der Waals surface area (Å²) in [5.41, 5.74) is 0.454. The fourth-order valence-corrected chi connectivity index (χ4v) is 4.46. The lowest BCUT2D eigenvalue weighted by Gasteiger charge is -2.35. The van der Waals surface area contributed by atoms with E-state index in [0.29, 0.717) is 5.56 Å². The van der Waals surface area contributed by atoms with Gasteiger partial charge in [-0.25, -0.2) is 8.42 Å². The van der Waals surface area contributed by atoms with Crippen LogP contribution in [0.2, 0.25) is 0 Å². The molecule has 0 unspecified atom stereocenters. The number of sulfonamides is 1. The molecule has 1 N–H and O–H groups in total. The zero-order chi connectivity index (χ0) is 15.5. The van der Waals surface area contributed by atoms with Crippen LogP contribution in [0.25, 0.3) is 0 Å². The highest BCUT2D eigenvalue weighted by Crippen LogP contribution is 2.24. The van der Waals surface area contributed by atoms with Gasteiger partial charge in [-0.2, -0.15) is 4.31 Å². The van der Waals surface area contributed by atoms with Gasteiger partial charge in [0, 0.05) is 13.1 Å². The van der Waals surface area contributed by atoms with Crippen molar-refractivity contribution in [3.05, 3.63) is 29.8 Å². The summed E-state index contributed by atoms with van der Waals surface area (Å²) >= 11 is 0. The van der Waals surface area contributed by atoms with Crippen LogP contribution in [0.1, 0.15) is 25.3 Å². The smallest absolute Gasteiger partial charge is 0.243 e. The van der Waals surface area contributed by atoms with Gasteiger partial charge in [-0.3, -0.25) is 0 Å². The van der Waals surface area contributed by atoms with Gasteiger partial charge in [0.1, 0.15) is 0 Å². The lowest BCUT2D eigenvalue weighted by Crippen LogP contribution is -2.45. The maximum absolute atomic E-state index is 12.8. The molecule has 1 fully saturated rings. The van der Waals surface area contributed by atoms with Gasteiger partial charge >= 0.3 is 0 Å². The normalized spacial score (nSPS) is 18.3. The van der Waals surface area contributed by atoms with Crippen LogP contribution in [-0.4, -0.2) is 55.5 Å². The average molecular weight is 312 g/mol. The summed E-state index contributed by atoms with van der Waals surface area (Å²) in [6, 6.07) is 6.69. The Hall–Kier alpha value is -0.950. The molecule has 1 saturated heterocycles. The first kappa shape index (κ1) is 16.4. The van der Waals surface area contributed by atoms with Crippen molar-refractivity contribution in [2.75, 3.05) is 26.7 Å². The van der Waals surface area contributed by atoms with Crippen LogP contribution in [0.3, 0.4) is 0 Å². The van der Waals surface area contributed by atoms with Gasteiger partial charge in [0.25, 0.3) is 0 Å². The molecule has 1 aromatic carbocycles. The molecule has 0 amide bonds. The average Bonchev–Trinajstić information content (AvgIpc) is 2.54. The molecule has 0 aliphatic carbocycles. The molecule has 0 saturated carbocycles. The fourth-order valence-electron chi connectivity index (χ4n) is 2.84. The number of aliphatic hydroxyl groups excluding tert-OH is 1. The summed E-state index contributed by atoms with van der Waals surface area (Å²) in [7, 11) is -1.90. The van der Waals surface area contributed by atoms with Crippen LogP contribution in [-0.2, 0) is 16.6 Å². The van der Waals surface area contributed by atoms with Crippen molar-refractivity contribution in [3.8, 4) is 0 Å². The first-order valence-corrected chi connectivity index (χ1v) is 8.83. The van der Waals surface area contributed by atoms with Gasteiger partial charge in [0.15, 0.2) is 0 Å². The van der Waals surface area contributed by atoms with Gasteiger partial charge in [-0.15, -0.1) is 0 Å². The van der Waals surface area contributed by atoms with Gasteiger partial charge in [0.2, 0.25) is 10.0 Å². The van der Waals surface area contributed by atoms with Crippen LogP contribution < -0.4 is 0 Å². The highest BCUT2D eigenvalue weighted by molar-refractivity contribution is 7.89. The Morgan fingerprint density at radius 3 is 2.48 bits per heavy atom. The number of hydrogen-bond acceptors (Lipinski definition) is 4. The quantitative estimate of drug-likeness (QED) is 0.890. The Morgan fingerprint density at radius 2 is 1.90 bits per heavy atom. The van der Waals surface area contributed by atoms with Crippen LogP contribution in [0.5, 0.6) is 0 Å². The van der Waals surface area contributed by atoms with Gasteiger partial charge in [-0.1, -0.05) is 25.1 Å². The third-order valence-electron chi connectivity index (χ3n) is 4.32. The first-order valence-electron chi connectivity index (χ1n) is 7.39. The molecule has 0 aromatic heterocycles. The van der Waals surface area contributed by atoms with Gasteiger partial charge < -0.3 is 10.0 Å². The Morgan fingerprint density at radius 1 is 1.29 bits per heavy atom. The third-order valence-corrected chi connectivity index (χ3v) is 6.33. The Bertz CT molecular complexity index is 566. The fraction of sp³-hybridized carbons (Fsp3) is 0.600. The molecule has 118 valence electrons. The van der Waals surface area contributed by atoms with Gasteiger partial charge in [0.05, 0.1) is 11.5 Å². The summed E-state index contributed by atoms with van der Waals surface area (Å²) in [4.78, 5) is 2.55. The minimum absolute atomic E-state index is 0.0320. The molecule has 2 rings (SSSR count). The number of aliphatic hydroxyl groups is 1. The number of nitrogens with zero attached hydrogens (tertiary/aromatic N) is 2. The van der Waals surface area contributed by atoms with E-state index in [-0.39, 0.29) is 17.5 Å². The van der Waals surface area contributed by atoms with E-state index in [4.69, 9.17) is 0 Å². The van der Waals surface area contributed by atoms with Crippen LogP contribution in [0, 0.1) is 0 Å². The van der Waals surface area contributed by atoms with Crippen molar-refractivity contribution in [2.24, 2.45) is 0 Å². The van der Waals surface area contributed by atoms with E-state index in [1.54, 1.807) is 31.3 Å². The Balaban J connectivity index is 2.19. The van der Waals surface area contributed by atoms with E-state index in [0.717, 1.165) is 32.5 Å². The summed E-state index contributed by atoms with van der Waals surface area (Å²) in [6.45, 7) is 4.73. The molecule has 0 radical (unpaired) electrons. The van der Waals surface area contributed by atoms with Crippen molar-refractivity contribution in [2.45, 2.75) is 37.3 Å². The summed E-state index contributed by atoms with van der Waals surface area (Å²) < 4.78 is 27.0. The predicted octanol–water partition coefficient (Wildman–Crippen LogP) is 1.28. The molecule has 6 heteroatoms. The number of piperidine rings is 1. The highest BCUT2D eigenvalue weighted by Gasteiger charge is 2.31. The molecular formula is C15H24N2O3S. The van der Waals surface area contributed by atoms with Crippen LogP contribution in [0.4, 0.5) is 0 Å². The molecule has 5 nitrogen and oxygen atoms in total. The SMILES string of the molecule is CCN1CCC(N(C)S(=O)(=O)c2ccccc2CO)CC1. The molecule has 1 heterocycles. The maximum Gasteiger partial charge on any atom is 0.243 e. The summed E-state index contributed by atoms with van der Waals surface area (Å²) in [5.74, 6) is 0. The second-order valence-electron chi connectivity index (χ2n) is 5.45. The lowest BCUT2D eigenvalue weighted by atomic mass is 10.1. The zero-order valence-electron chi connectivity index (χ0n) is 12.7. The number of likely N-dealkylation sites (tertiary alicyclic amines) is 1. The van der Waals surface area contributed by atoms with E-state index in [1.165, 1.54) is 4.31 Å². The third kappa shape index (κ3) is 3.45. The van der Waals surface area contributed by atoms with E-state index >= 15 is 0 Å². The second-order valence-corrected chi connectivity index (χ2v) is 7.42. The first-order chi connectivity index (χ1) is 10.0. The van der Waals surface area contributed by atoms with E-state index in [2.05, 4.69) is 11.8 Å². The Kier molecular flexibility index (Phi) is 5.37. The van der Waals surface area contributed by atoms with Crippen molar-refractivity contribution in [1.82, 2.24) is 9.21 Å². The van der Waals surface area contributed by atoms with E-state index in [1.807, 2.05) is 0 Å². The lowest BCUT2D eigenvalue weighted by molar-refractivity contribution is 0.176. The van der Waals surface area contributed by atoms with Crippen molar-refractivity contribution in [1.29, 1.82) is 0 Å². The van der Waals surface area contributed by atoms with E-state index < -0.39 is 10.0 Å². The number of hydrogen-bond donors (Lipinski definition) is 1.